The van der Waals surface area contributed by atoms with E-state index in [1.807, 2.05) is 12.1 Å². The SMILES string of the molecule is CC(C)CN(c1ccc(C2(OC=O)CCC2)cc1NC(=O)Cc1ccc(F)cc1F)C1CCS(=O)(=O)CC1. The maximum absolute atomic E-state index is 14.2. The van der Waals surface area contributed by atoms with Crippen LogP contribution in [0.3, 0.4) is 0 Å². The van der Waals surface area contributed by atoms with Crippen LogP contribution in [0.1, 0.15) is 57.1 Å². The predicted octanol–water partition coefficient (Wildman–Crippen LogP) is 4.74. The number of carbonyl (C=O) groups excluding carboxylic acids is 2. The average molecular weight is 549 g/mol. The highest BCUT2D eigenvalue weighted by atomic mass is 32.2. The zero-order valence-electron chi connectivity index (χ0n) is 21.7. The van der Waals surface area contributed by atoms with Crippen LogP contribution in [0.15, 0.2) is 36.4 Å². The number of nitrogens with one attached hydrogen (secondary N) is 1. The molecule has 38 heavy (non-hydrogen) atoms. The normalized spacial score (nSPS) is 18.4. The standard InChI is InChI=1S/C28H34F2N2O5S/c1-19(2)17-32(23-8-12-38(35,36)13-9-23)26-7-5-21(28(37-18-33)10-3-11-28)15-25(26)31-27(34)14-20-4-6-22(29)16-24(20)30/h4-7,15-16,18-19,23H,3,8-14,17H2,1-2H3,(H,31,34). The smallest absolute Gasteiger partial charge is 0.293 e. The van der Waals surface area contributed by atoms with Crippen LogP contribution in [0, 0.1) is 17.6 Å². The molecule has 1 aliphatic carbocycles. The molecular formula is C28H34F2N2O5S. The lowest BCUT2D eigenvalue weighted by atomic mass is 9.74. The van der Waals surface area contributed by atoms with Crippen molar-refractivity contribution in [3.05, 3.63) is 59.2 Å². The molecule has 0 aromatic heterocycles. The molecule has 1 saturated heterocycles. The molecule has 1 saturated carbocycles. The zero-order chi connectivity index (χ0) is 27.5. The van der Waals surface area contributed by atoms with Gasteiger partial charge in [0, 0.05) is 18.7 Å². The number of carbonyl (C=O) groups is 2. The Labute approximate surface area is 222 Å². The van der Waals surface area contributed by atoms with Crippen LogP contribution in [0.4, 0.5) is 20.2 Å². The van der Waals surface area contributed by atoms with Crippen LogP contribution in [0.5, 0.6) is 0 Å². The van der Waals surface area contributed by atoms with E-state index in [1.165, 1.54) is 6.07 Å². The van der Waals surface area contributed by atoms with Gasteiger partial charge >= 0.3 is 0 Å². The van der Waals surface area contributed by atoms with Crippen molar-refractivity contribution in [2.24, 2.45) is 5.92 Å². The number of hydrogen-bond acceptors (Lipinski definition) is 6. The maximum Gasteiger partial charge on any atom is 0.293 e. The molecule has 2 aliphatic rings. The topological polar surface area (TPSA) is 92.8 Å². The van der Waals surface area contributed by atoms with E-state index in [-0.39, 0.29) is 35.4 Å². The van der Waals surface area contributed by atoms with Crippen LogP contribution in [-0.4, -0.2) is 44.9 Å². The van der Waals surface area contributed by atoms with Crippen molar-refractivity contribution in [1.82, 2.24) is 0 Å². The fraction of sp³-hybridized carbons (Fsp3) is 0.500. The molecule has 1 aliphatic heterocycles. The highest BCUT2D eigenvalue weighted by Gasteiger charge is 2.41. The first-order chi connectivity index (χ1) is 18.0. The number of nitrogens with zero attached hydrogens (tertiary/aromatic N) is 1. The first-order valence-corrected chi connectivity index (χ1v) is 14.8. The number of anilines is 2. The van der Waals surface area contributed by atoms with Crippen LogP contribution in [0.25, 0.3) is 0 Å². The van der Waals surface area contributed by atoms with Crippen LogP contribution in [0.2, 0.25) is 0 Å². The summed E-state index contributed by atoms with van der Waals surface area (Å²) in [6.07, 6.45) is 2.88. The van der Waals surface area contributed by atoms with E-state index in [0.717, 1.165) is 29.8 Å². The summed E-state index contributed by atoms with van der Waals surface area (Å²) in [7, 11) is -3.07. The molecule has 2 fully saturated rings. The van der Waals surface area contributed by atoms with Crippen LogP contribution < -0.4 is 10.2 Å². The van der Waals surface area contributed by atoms with E-state index in [4.69, 9.17) is 4.74 Å². The molecule has 1 N–H and O–H groups in total. The number of hydrogen-bond donors (Lipinski definition) is 1. The van der Waals surface area contributed by atoms with Crippen LogP contribution >= 0.6 is 0 Å². The fourth-order valence-electron chi connectivity index (χ4n) is 5.29. The Bertz CT molecular complexity index is 1280. The summed E-state index contributed by atoms with van der Waals surface area (Å²) in [5, 5.41) is 2.91. The molecular weight excluding hydrogens is 514 g/mol. The highest BCUT2D eigenvalue weighted by Crippen LogP contribution is 2.46. The largest absolute Gasteiger partial charge is 0.456 e. The molecule has 0 unspecified atom stereocenters. The first-order valence-electron chi connectivity index (χ1n) is 13.0. The summed E-state index contributed by atoms with van der Waals surface area (Å²) in [4.78, 5) is 26.5. The van der Waals surface area contributed by atoms with Crippen molar-refractivity contribution in [1.29, 1.82) is 0 Å². The zero-order valence-corrected chi connectivity index (χ0v) is 22.5. The molecule has 0 atom stereocenters. The lowest BCUT2D eigenvalue weighted by molar-refractivity contribution is -0.155. The van der Waals surface area contributed by atoms with E-state index in [0.29, 0.717) is 44.4 Å². The van der Waals surface area contributed by atoms with E-state index in [9.17, 15) is 26.8 Å². The summed E-state index contributed by atoms with van der Waals surface area (Å²) >= 11 is 0. The van der Waals surface area contributed by atoms with Gasteiger partial charge in [-0.3, -0.25) is 9.59 Å². The Morgan fingerprint density at radius 2 is 1.87 bits per heavy atom. The van der Waals surface area contributed by atoms with E-state index < -0.39 is 33.0 Å². The van der Waals surface area contributed by atoms with Crippen molar-refractivity contribution in [3.8, 4) is 0 Å². The van der Waals surface area contributed by atoms with Gasteiger partial charge in [0.25, 0.3) is 6.47 Å². The van der Waals surface area contributed by atoms with Gasteiger partial charge in [-0.1, -0.05) is 26.0 Å². The molecule has 0 radical (unpaired) electrons. The summed E-state index contributed by atoms with van der Waals surface area (Å²) in [5.41, 5.74) is 1.26. The second-order valence-electron chi connectivity index (χ2n) is 10.7. The molecule has 1 amide bonds. The van der Waals surface area contributed by atoms with E-state index >= 15 is 0 Å². The molecule has 0 bridgehead atoms. The van der Waals surface area contributed by atoms with Gasteiger partial charge < -0.3 is 15.0 Å². The predicted molar refractivity (Wildman–Crippen MR) is 142 cm³/mol. The Balaban J connectivity index is 1.70. The maximum atomic E-state index is 14.2. The second kappa shape index (κ2) is 11.4. The van der Waals surface area contributed by atoms with Crippen molar-refractivity contribution >= 4 is 33.6 Å². The van der Waals surface area contributed by atoms with Crippen molar-refractivity contribution in [2.45, 2.75) is 64.0 Å². The summed E-state index contributed by atoms with van der Waals surface area (Å²) in [6, 6.07) is 8.62. The first kappa shape index (κ1) is 28.0. The fourth-order valence-corrected chi connectivity index (χ4v) is 6.76. The summed E-state index contributed by atoms with van der Waals surface area (Å²) < 4.78 is 57.2. The van der Waals surface area contributed by atoms with Gasteiger partial charge in [-0.05, 0) is 67.3 Å². The minimum atomic E-state index is -3.07. The third-order valence-electron chi connectivity index (χ3n) is 7.43. The van der Waals surface area contributed by atoms with Crippen molar-refractivity contribution in [2.75, 3.05) is 28.3 Å². The van der Waals surface area contributed by atoms with Gasteiger partial charge in [0.15, 0.2) is 0 Å². The quantitative estimate of drug-likeness (QED) is 0.432. The molecule has 2 aromatic carbocycles. The Morgan fingerprint density at radius 1 is 1.16 bits per heavy atom. The third-order valence-corrected chi connectivity index (χ3v) is 9.15. The van der Waals surface area contributed by atoms with Gasteiger partial charge in [-0.2, -0.15) is 0 Å². The number of sulfone groups is 1. The van der Waals surface area contributed by atoms with Gasteiger partial charge in [-0.15, -0.1) is 0 Å². The minimum absolute atomic E-state index is 0.0409. The molecule has 7 nitrogen and oxygen atoms in total. The number of amides is 1. The van der Waals surface area contributed by atoms with E-state index in [1.54, 1.807) is 6.07 Å². The average Bonchev–Trinajstić information content (AvgIpc) is 2.82. The Hall–Kier alpha value is -3.01. The monoisotopic (exact) mass is 548 g/mol. The molecule has 4 rings (SSSR count). The van der Waals surface area contributed by atoms with Crippen molar-refractivity contribution < 1.29 is 31.5 Å². The molecule has 2 aromatic rings. The van der Waals surface area contributed by atoms with Gasteiger partial charge in [-0.25, -0.2) is 17.2 Å². The minimum Gasteiger partial charge on any atom is -0.456 e. The number of benzene rings is 2. The number of ether oxygens (including phenoxy) is 1. The molecule has 1 heterocycles. The Morgan fingerprint density at radius 3 is 2.45 bits per heavy atom. The van der Waals surface area contributed by atoms with Gasteiger partial charge in [0.05, 0.1) is 29.3 Å². The number of rotatable bonds is 10. The lowest BCUT2D eigenvalue weighted by Crippen LogP contribution is -2.43. The number of halogens is 2. The summed E-state index contributed by atoms with van der Waals surface area (Å²) in [6.45, 7) is 5.21. The van der Waals surface area contributed by atoms with Crippen LogP contribution in [-0.2, 0) is 36.2 Å². The van der Waals surface area contributed by atoms with E-state index in [2.05, 4.69) is 24.1 Å². The third kappa shape index (κ3) is 6.34. The summed E-state index contributed by atoms with van der Waals surface area (Å²) in [5.74, 6) is -1.54. The molecule has 206 valence electrons. The van der Waals surface area contributed by atoms with Gasteiger partial charge in [0.2, 0.25) is 5.91 Å². The molecule has 10 heteroatoms. The second-order valence-corrected chi connectivity index (χ2v) is 13.0. The Kier molecular flexibility index (Phi) is 8.40. The van der Waals surface area contributed by atoms with Gasteiger partial charge in [0.1, 0.15) is 27.1 Å². The lowest BCUT2D eigenvalue weighted by Gasteiger charge is -2.42. The van der Waals surface area contributed by atoms with Crippen molar-refractivity contribution in [3.63, 3.8) is 0 Å². The highest BCUT2D eigenvalue weighted by molar-refractivity contribution is 7.91. The molecule has 0 spiro atoms.